The first kappa shape index (κ1) is 51.0. The van der Waals surface area contributed by atoms with Crippen molar-refractivity contribution in [3.8, 4) is 0 Å². The quantitative estimate of drug-likeness (QED) is 0.0271. The summed E-state index contributed by atoms with van der Waals surface area (Å²) in [6, 6.07) is 0. The second-order valence-electron chi connectivity index (χ2n) is 13.8. The van der Waals surface area contributed by atoms with Crippen LogP contribution in [0.1, 0.15) is 181 Å². The van der Waals surface area contributed by atoms with Crippen molar-refractivity contribution in [2.75, 3.05) is 26.4 Å². The van der Waals surface area contributed by atoms with Crippen LogP contribution in [0.5, 0.6) is 0 Å². The first-order valence-corrected chi connectivity index (χ1v) is 22.6. The minimum atomic E-state index is -4.39. The van der Waals surface area contributed by atoms with Crippen LogP contribution in [0, 0.1) is 0 Å². The number of nitrogens with two attached hydrogens (primary N) is 1. The largest absolute Gasteiger partial charge is 0.472 e. The van der Waals surface area contributed by atoms with Crippen LogP contribution in [-0.2, 0) is 32.7 Å². The number of allylic oxidation sites excluding steroid dienone is 8. The molecule has 0 saturated carbocycles. The van der Waals surface area contributed by atoms with Crippen LogP contribution < -0.4 is 5.73 Å². The lowest BCUT2D eigenvalue weighted by Gasteiger charge is -2.19. The number of rotatable bonds is 39. The maximum atomic E-state index is 12.5. The molecular weight excluding hydrogens is 689 g/mol. The number of carbonyl (C=O) groups is 2. The zero-order chi connectivity index (χ0) is 38.9. The van der Waals surface area contributed by atoms with Crippen LogP contribution in [0.15, 0.2) is 48.6 Å². The molecule has 0 aliphatic rings. The third-order valence-corrected chi connectivity index (χ3v) is 9.67. The zero-order valence-corrected chi connectivity index (χ0v) is 34.6. The SMILES string of the molecule is CCCCCCCC/C=C/C/C=C/C/C=C/CCCC(=O)O[C@H](COC(=O)CCCCC/C=C/CCCCCCCCCC)COP(=O)(O)OCCN. The first-order valence-electron chi connectivity index (χ1n) is 21.1. The Morgan fingerprint density at radius 3 is 1.53 bits per heavy atom. The fraction of sp³-hybridized carbons (Fsp3) is 0.767. The number of hydrogen-bond donors (Lipinski definition) is 2. The number of hydrogen-bond acceptors (Lipinski definition) is 8. The number of esters is 2. The summed E-state index contributed by atoms with van der Waals surface area (Å²) in [5.41, 5.74) is 5.34. The highest BCUT2D eigenvalue weighted by Gasteiger charge is 2.25. The van der Waals surface area contributed by atoms with Crippen molar-refractivity contribution in [1.82, 2.24) is 0 Å². The van der Waals surface area contributed by atoms with Crippen molar-refractivity contribution in [3.63, 3.8) is 0 Å². The molecule has 2 atom stereocenters. The smallest absolute Gasteiger partial charge is 0.462 e. The topological polar surface area (TPSA) is 134 Å². The summed E-state index contributed by atoms with van der Waals surface area (Å²) in [5.74, 6) is -0.909. The third kappa shape index (κ3) is 39.5. The van der Waals surface area contributed by atoms with Gasteiger partial charge in [-0.1, -0.05) is 146 Å². The van der Waals surface area contributed by atoms with Gasteiger partial charge < -0.3 is 20.1 Å². The molecule has 53 heavy (non-hydrogen) atoms. The minimum Gasteiger partial charge on any atom is -0.462 e. The fourth-order valence-corrected chi connectivity index (χ4v) is 6.29. The Labute approximate surface area is 324 Å². The number of ether oxygens (including phenoxy) is 2. The molecule has 0 aromatic rings. The monoisotopic (exact) mass is 768 g/mol. The molecule has 0 saturated heterocycles. The molecule has 0 spiro atoms. The van der Waals surface area contributed by atoms with E-state index < -0.39 is 32.5 Å². The van der Waals surface area contributed by atoms with Gasteiger partial charge >= 0.3 is 19.8 Å². The van der Waals surface area contributed by atoms with Gasteiger partial charge in [0.05, 0.1) is 13.2 Å². The molecule has 0 fully saturated rings. The van der Waals surface area contributed by atoms with E-state index in [9.17, 15) is 19.0 Å². The second-order valence-corrected chi connectivity index (χ2v) is 15.3. The van der Waals surface area contributed by atoms with Crippen molar-refractivity contribution in [1.29, 1.82) is 0 Å². The van der Waals surface area contributed by atoms with Crippen molar-refractivity contribution in [2.24, 2.45) is 5.73 Å². The summed E-state index contributed by atoms with van der Waals surface area (Å²) in [7, 11) is -4.39. The average Bonchev–Trinajstić information content (AvgIpc) is 3.14. The van der Waals surface area contributed by atoms with Crippen LogP contribution >= 0.6 is 7.82 Å². The van der Waals surface area contributed by atoms with E-state index in [0.29, 0.717) is 19.3 Å². The Morgan fingerprint density at radius 2 is 1.00 bits per heavy atom. The lowest BCUT2D eigenvalue weighted by Crippen LogP contribution is -2.29. The lowest BCUT2D eigenvalue weighted by atomic mass is 10.1. The molecule has 0 rings (SSSR count). The molecule has 308 valence electrons. The molecule has 0 radical (unpaired) electrons. The van der Waals surface area contributed by atoms with Gasteiger partial charge in [0.2, 0.25) is 0 Å². The van der Waals surface area contributed by atoms with Gasteiger partial charge in [0.25, 0.3) is 0 Å². The van der Waals surface area contributed by atoms with Gasteiger partial charge in [-0.15, -0.1) is 0 Å². The molecule has 0 bridgehead atoms. The number of unbranched alkanes of at least 4 members (excludes halogenated alkanes) is 18. The Hall–Kier alpha value is -2.03. The highest BCUT2D eigenvalue weighted by molar-refractivity contribution is 7.47. The molecule has 0 aliphatic heterocycles. The van der Waals surface area contributed by atoms with Gasteiger partial charge in [-0.3, -0.25) is 18.6 Å². The molecule has 1 unspecified atom stereocenters. The fourth-order valence-electron chi connectivity index (χ4n) is 5.53. The standard InChI is InChI=1S/C43H78NO8P/c1-3-5-7-9-11-13-15-17-19-20-22-24-26-28-30-32-34-36-43(46)52-41(40-51-53(47,48)50-38-37-44)39-49-42(45)35-33-31-29-27-25-23-21-18-16-14-12-10-8-6-4-2/h17,19,22-25,28,30,41H,3-16,18,20-21,26-27,29,31-40,44H2,1-2H3,(H,47,48)/b19-17+,24-22+,25-23+,30-28+/t41-/m1/s1. The maximum Gasteiger partial charge on any atom is 0.472 e. The second kappa shape index (κ2) is 39.7. The third-order valence-electron chi connectivity index (χ3n) is 8.69. The maximum absolute atomic E-state index is 12.5. The van der Waals surface area contributed by atoms with E-state index in [1.807, 2.05) is 6.08 Å². The predicted octanol–water partition coefficient (Wildman–Crippen LogP) is 11.9. The molecule has 9 nitrogen and oxygen atoms in total. The van der Waals surface area contributed by atoms with E-state index in [4.69, 9.17) is 24.3 Å². The molecule has 3 N–H and O–H groups in total. The summed E-state index contributed by atoms with van der Waals surface area (Å²) in [6.45, 7) is 3.64. The molecule has 0 aromatic heterocycles. The highest BCUT2D eigenvalue weighted by Crippen LogP contribution is 2.43. The molecule has 0 aliphatic carbocycles. The Balaban J connectivity index is 4.29. The molecule has 0 amide bonds. The molecular formula is C43H78NO8P. The normalized spacial score (nSPS) is 13.8. The average molecular weight is 768 g/mol. The number of phosphoric acid groups is 1. The van der Waals surface area contributed by atoms with Crippen molar-refractivity contribution in [2.45, 2.75) is 187 Å². The van der Waals surface area contributed by atoms with Gasteiger partial charge in [0.1, 0.15) is 6.61 Å². The minimum absolute atomic E-state index is 0.0426. The van der Waals surface area contributed by atoms with Crippen molar-refractivity contribution >= 4 is 19.8 Å². The van der Waals surface area contributed by atoms with E-state index in [0.717, 1.165) is 44.9 Å². The van der Waals surface area contributed by atoms with Crippen molar-refractivity contribution in [3.05, 3.63) is 48.6 Å². The van der Waals surface area contributed by atoms with E-state index >= 15 is 0 Å². The summed E-state index contributed by atoms with van der Waals surface area (Å²) in [6.07, 6.45) is 44.4. The molecule has 0 heterocycles. The summed E-state index contributed by atoms with van der Waals surface area (Å²) in [4.78, 5) is 34.8. The van der Waals surface area contributed by atoms with Gasteiger partial charge in [-0.25, -0.2) is 4.57 Å². The Kier molecular flexibility index (Phi) is 38.1. The van der Waals surface area contributed by atoms with Gasteiger partial charge in [0.15, 0.2) is 6.10 Å². The number of carbonyl (C=O) groups excluding carboxylic acids is 2. The van der Waals surface area contributed by atoms with Crippen LogP contribution in [0.2, 0.25) is 0 Å². The van der Waals surface area contributed by atoms with Crippen LogP contribution in [0.3, 0.4) is 0 Å². The van der Waals surface area contributed by atoms with Crippen LogP contribution in [-0.4, -0.2) is 49.3 Å². The van der Waals surface area contributed by atoms with Crippen molar-refractivity contribution < 1.29 is 37.6 Å². The number of phosphoric ester groups is 1. The first-order chi connectivity index (χ1) is 25.8. The molecule has 0 aromatic carbocycles. The summed E-state index contributed by atoms with van der Waals surface area (Å²) < 4.78 is 32.7. The van der Waals surface area contributed by atoms with E-state index in [2.05, 4.69) is 56.4 Å². The summed E-state index contributed by atoms with van der Waals surface area (Å²) in [5, 5.41) is 0. The van der Waals surface area contributed by atoms with Gasteiger partial charge in [-0.05, 0) is 70.6 Å². The summed E-state index contributed by atoms with van der Waals surface area (Å²) >= 11 is 0. The lowest BCUT2D eigenvalue weighted by molar-refractivity contribution is -0.161. The highest BCUT2D eigenvalue weighted by atomic mass is 31.2. The Bertz CT molecular complexity index is 1010. The van der Waals surface area contributed by atoms with E-state index in [1.54, 1.807) is 0 Å². The van der Waals surface area contributed by atoms with E-state index in [1.165, 1.54) is 89.9 Å². The van der Waals surface area contributed by atoms with Crippen LogP contribution in [0.4, 0.5) is 0 Å². The zero-order valence-electron chi connectivity index (χ0n) is 33.7. The van der Waals surface area contributed by atoms with Gasteiger partial charge in [-0.2, -0.15) is 0 Å². The molecule has 10 heteroatoms. The van der Waals surface area contributed by atoms with E-state index in [-0.39, 0.29) is 32.6 Å². The van der Waals surface area contributed by atoms with Gasteiger partial charge in [0, 0.05) is 19.4 Å². The van der Waals surface area contributed by atoms with Crippen LogP contribution in [0.25, 0.3) is 0 Å². The Morgan fingerprint density at radius 1 is 0.566 bits per heavy atom. The predicted molar refractivity (Wildman–Crippen MR) is 220 cm³/mol.